The lowest BCUT2D eigenvalue weighted by Crippen LogP contribution is -2.53. The van der Waals surface area contributed by atoms with Crippen LogP contribution in [0.5, 0.6) is 17.2 Å². The topological polar surface area (TPSA) is 328 Å². The van der Waals surface area contributed by atoms with Crippen LogP contribution in [-0.2, 0) is 36.7 Å². The molecule has 3 aromatic carbocycles. The monoisotopic (exact) mass is 913 g/mol. The fourth-order valence-electron chi connectivity index (χ4n) is 8.84. The maximum atomic E-state index is 14.1. The molecule has 1 fully saturated rings. The standard InChI is InChI=1S/C45H47N5O16/c1-21-39(55)27(46)17-34(65-21)66-30-19-45(61,18-26-36(30)43(59)38-37(41(26)57)40(56)25-8-6-9-29(64-2)35(25)42(38)58)31(20-51)47-48-44(60)24-11-10-22(16-28(24)50(62)63)15-23(52)7-4-3-5-14-49-32(53)12-13-33(49)54/h6,8-13,16,21,27,30,34,39,51,55,57,59,61H,3-5,7,14-15,17-20,46H2,1-2H3,(H,48,60)/b47-31+/t21-,27-,30-,34-,39+,45-/m0/s1. The summed E-state index contributed by atoms with van der Waals surface area (Å²) in [5, 5.41) is 73.3. The zero-order chi connectivity index (χ0) is 47.8. The van der Waals surface area contributed by atoms with Crippen LogP contribution in [0.2, 0.25) is 0 Å². The van der Waals surface area contributed by atoms with Gasteiger partial charge in [0.25, 0.3) is 23.4 Å². The third-order valence-electron chi connectivity index (χ3n) is 12.3. The molecule has 8 N–H and O–H groups in total. The molecule has 0 radical (unpaired) electrons. The maximum absolute atomic E-state index is 14.1. The summed E-state index contributed by atoms with van der Waals surface area (Å²) in [6.07, 6.45) is -2.24. The molecule has 7 rings (SSSR count). The number of ketones is 3. The van der Waals surface area contributed by atoms with Crippen LogP contribution >= 0.6 is 0 Å². The van der Waals surface area contributed by atoms with Crippen molar-refractivity contribution in [3.63, 3.8) is 0 Å². The fraction of sp³-hybridized carbons (Fsp3) is 0.400. The summed E-state index contributed by atoms with van der Waals surface area (Å²) in [5.74, 6) is -5.43. The van der Waals surface area contributed by atoms with Crippen molar-refractivity contribution < 1.29 is 73.4 Å². The molecule has 2 aliphatic heterocycles. The van der Waals surface area contributed by atoms with Crippen molar-refractivity contribution in [3.05, 3.63) is 103 Å². The van der Waals surface area contributed by atoms with Crippen LogP contribution in [0.1, 0.15) is 110 Å². The van der Waals surface area contributed by atoms with Crippen LogP contribution < -0.4 is 15.9 Å². The molecule has 4 aliphatic rings. The fourth-order valence-corrected chi connectivity index (χ4v) is 8.84. The number of nitrogens with zero attached hydrogens (tertiary/aromatic N) is 3. The van der Waals surface area contributed by atoms with Crippen molar-refractivity contribution in [2.45, 2.75) is 94.5 Å². The Labute approximate surface area is 375 Å². The van der Waals surface area contributed by atoms with Gasteiger partial charge in [0.2, 0.25) is 5.78 Å². The first kappa shape index (κ1) is 47.2. The molecule has 66 heavy (non-hydrogen) atoms. The van der Waals surface area contributed by atoms with E-state index in [2.05, 4.69) is 10.5 Å². The number of hydrogen-bond acceptors (Lipinski definition) is 18. The van der Waals surface area contributed by atoms with Crippen LogP contribution in [0, 0.1) is 10.1 Å². The predicted molar refractivity (Wildman–Crippen MR) is 228 cm³/mol. The van der Waals surface area contributed by atoms with E-state index in [1.54, 1.807) is 0 Å². The minimum Gasteiger partial charge on any atom is -0.507 e. The zero-order valence-corrected chi connectivity index (χ0v) is 35.7. The second-order valence-electron chi connectivity index (χ2n) is 16.5. The molecule has 0 aromatic heterocycles. The summed E-state index contributed by atoms with van der Waals surface area (Å²) < 4.78 is 17.4. The second kappa shape index (κ2) is 19.0. The number of Topliss-reactive ketones (excluding diaryl/α,β-unsaturated/α-hetero) is 1. The average molecular weight is 914 g/mol. The summed E-state index contributed by atoms with van der Waals surface area (Å²) in [6.45, 7) is 0.696. The molecule has 1 saturated heterocycles. The number of amides is 3. The van der Waals surface area contributed by atoms with Gasteiger partial charge in [-0.2, -0.15) is 5.10 Å². The van der Waals surface area contributed by atoms with E-state index in [9.17, 15) is 64.4 Å². The van der Waals surface area contributed by atoms with E-state index >= 15 is 0 Å². The molecule has 3 aromatic rings. The summed E-state index contributed by atoms with van der Waals surface area (Å²) in [5.41, 5.74) is 2.49. The summed E-state index contributed by atoms with van der Waals surface area (Å²) in [4.78, 5) is 90.2. The molecule has 2 aliphatic carbocycles. The number of nitro groups is 1. The molecule has 0 unspecified atom stereocenters. The number of aromatic hydroxyl groups is 2. The van der Waals surface area contributed by atoms with E-state index in [0.717, 1.165) is 17.0 Å². The quantitative estimate of drug-likeness (QED) is 0.0210. The molecule has 0 bridgehead atoms. The number of rotatable bonds is 16. The van der Waals surface area contributed by atoms with Crippen LogP contribution in [0.15, 0.2) is 53.7 Å². The third kappa shape index (κ3) is 8.95. The van der Waals surface area contributed by atoms with Crippen molar-refractivity contribution in [1.29, 1.82) is 0 Å². The van der Waals surface area contributed by atoms with Crippen LogP contribution in [0.25, 0.3) is 0 Å². The van der Waals surface area contributed by atoms with E-state index in [-0.39, 0.29) is 65.2 Å². The highest BCUT2D eigenvalue weighted by molar-refractivity contribution is 6.31. The summed E-state index contributed by atoms with van der Waals surface area (Å²) in [7, 11) is 1.29. The largest absolute Gasteiger partial charge is 0.507 e. The van der Waals surface area contributed by atoms with E-state index in [0.29, 0.717) is 19.3 Å². The van der Waals surface area contributed by atoms with E-state index in [1.807, 2.05) is 0 Å². The lowest BCUT2D eigenvalue weighted by atomic mass is 9.71. The van der Waals surface area contributed by atoms with Gasteiger partial charge in [-0.25, -0.2) is 5.43 Å². The number of imide groups is 1. The van der Waals surface area contributed by atoms with E-state index in [4.69, 9.17) is 19.9 Å². The van der Waals surface area contributed by atoms with Crippen molar-refractivity contribution in [1.82, 2.24) is 10.3 Å². The number of aliphatic hydroxyl groups excluding tert-OH is 2. The molecular formula is C45H47N5O16. The molecule has 21 heteroatoms. The minimum absolute atomic E-state index is 0.0287. The molecule has 21 nitrogen and oxygen atoms in total. The molecule has 0 saturated carbocycles. The minimum atomic E-state index is -2.36. The van der Waals surface area contributed by atoms with Gasteiger partial charge in [-0.15, -0.1) is 0 Å². The van der Waals surface area contributed by atoms with Crippen molar-refractivity contribution in [2.24, 2.45) is 10.8 Å². The second-order valence-corrected chi connectivity index (χ2v) is 16.5. The van der Waals surface area contributed by atoms with Gasteiger partial charge < -0.3 is 45.5 Å². The Hall–Kier alpha value is -6.75. The molecule has 348 valence electrons. The number of carbonyl (C=O) groups excluding carboxylic acids is 6. The molecule has 6 atom stereocenters. The number of phenols is 2. The number of unbranched alkanes of at least 4 members (excludes halogenated alkanes) is 2. The molecule has 3 amide bonds. The number of hydrogen-bond donors (Lipinski definition) is 7. The van der Waals surface area contributed by atoms with Gasteiger partial charge in [-0.05, 0) is 37.5 Å². The number of nitrogens with two attached hydrogens (primary N) is 1. The smallest absolute Gasteiger partial charge is 0.282 e. The van der Waals surface area contributed by atoms with Crippen LogP contribution in [0.3, 0.4) is 0 Å². The SMILES string of the molecule is COc1cccc2c1C(=O)c1c(O)c3c(c(O)c1C2=O)C[C@@](O)(/C(CO)=N/NC(=O)c1ccc(CC(=O)CCCCCN2C(=O)C=CC2=O)cc1[N+](=O)[O-])C[C@@H]3O[C@H]1C[C@H](N)[C@H](O)[C@H](C)O1. The Morgan fingerprint density at radius 1 is 1.03 bits per heavy atom. The first-order chi connectivity index (χ1) is 31.4. The van der Waals surface area contributed by atoms with Gasteiger partial charge in [0.1, 0.15) is 34.2 Å². The number of nitrogens with one attached hydrogen (secondary N) is 1. The van der Waals surface area contributed by atoms with Crippen molar-refractivity contribution in [3.8, 4) is 17.2 Å². The number of methoxy groups -OCH3 is 1. The number of carbonyl (C=O) groups is 6. The third-order valence-corrected chi connectivity index (χ3v) is 12.3. The lowest BCUT2D eigenvalue weighted by Gasteiger charge is -2.43. The Kier molecular flexibility index (Phi) is 13.6. The van der Waals surface area contributed by atoms with E-state index in [1.165, 1.54) is 50.5 Å². The Balaban J connectivity index is 1.14. The average Bonchev–Trinajstić information content (AvgIpc) is 3.60. The van der Waals surface area contributed by atoms with Crippen LogP contribution in [0.4, 0.5) is 5.69 Å². The van der Waals surface area contributed by atoms with E-state index < -0.39 is 129 Å². The van der Waals surface area contributed by atoms with Crippen molar-refractivity contribution >= 4 is 46.5 Å². The zero-order valence-electron chi connectivity index (χ0n) is 35.7. The number of ether oxygens (including phenoxy) is 3. The van der Waals surface area contributed by atoms with Gasteiger partial charge in [-0.3, -0.25) is 43.8 Å². The predicted octanol–water partition coefficient (Wildman–Crippen LogP) is 1.72. The Bertz CT molecular complexity index is 2580. The van der Waals surface area contributed by atoms with Crippen LogP contribution in [-0.4, -0.2) is 127 Å². The lowest BCUT2D eigenvalue weighted by molar-refractivity contribution is -0.385. The van der Waals surface area contributed by atoms with Gasteiger partial charge in [0.05, 0.1) is 59.4 Å². The van der Waals surface area contributed by atoms with Crippen molar-refractivity contribution in [2.75, 3.05) is 20.3 Å². The summed E-state index contributed by atoms with van der Waals surface area (Å²) in [6, 6.07) is 6.91. The highest BCUT2D eigenvalue weighted by Gasteiger charge is 2.50. The number of hydrazone groups is 1. The first-order valence-corrected chi connectivity index (χ1v) is 21.0. The highest BCUT2D eigenvalue weighted by atomic mass is 16.7. The summed E-state index contributed by atoms with van der Waals surface area (Å²) >= 11 is 0. The number of phenolic OH excluding ortho intramolecular Hbond substituents is 2. The number of benzene rings is 3. The highest BCUT2D eigenvalue weighted by Crippen LogP contribution is 2.52. The van der Waals surface area contributed by atoms with Gasteiger partial charge in [0.15, 0.2) is 12.1 Å². The molecule has 0 spiro atoms. The van der Waals surface area contributed by atoms with Gasteiger partial charge in [-0.1, -0.05) is 24.6 Å². The molecule has 2 heterocycles. The number of nitro benzene ring substituents is 1. The first-order valence-electron chi connectivity index (χ1n) is 21.0. The maximum Gasteiger partial charge on any atom is 0.282 e. The Morgan fingerprint density at radius 2 is 1.74 bits per heavy atom. The molecular weight excluding hydrogens is 867 g/mol. The van der Waals surface area contributed by atoms with Gasteiger partial charge in [0, 0.05) is 79.6 Å². The van der Waals surface area contributed by atoms with Gasteiger partial charge >= 0.3 is 0 Å². The number of aliphatic hydroxyl groups is 3. The normalized spacial score (nSPS) is 23.6. The number of fused-ring (bicyclic) bond motifs is 3. The Morgan fingerprint density at radius 3 is 2.41 bits per heavy atom.